The Labute approximate surface area is 240 Å². The predicted molar refractivity (Wildman–Crippen MR) is 169 cm³/mol. The third-order valence-electron chi connectivity index (χ3n) is 8.87. The monoisotopic (exact) mass is 659 g/mol. The van der Waals surface area contributed by atoms with E-state index in [0.717, 1.165) is 11.2 Å². The van der Waals surface area contributed by atoms with Crippen molar-refractivity contribution in [3.05, 3.63) is 35.9 Å². The van der Waals surface area contributed by atoms with Gasteiger partial charge in [0, 0.05) is 7.92 Å². The molecule has 0 heterocycles. The van der Waals surface area contributed by atoms with E-state index in [1.54, 1.807) is 96.3 Å². The first-order valence-electron chi connectivity index (χ1n) is 15.1. The summed E-state index contributed by atoms with van der Waals surface area (Å²) in [5.74, 6) is 0. The van der Waals surface area contributed by atoms with Crippen LogP contribution in [0.4, 0.5) is 0 Å². The number of benzene rings is 1. The van der Waals surface area contributed by atoms with Crippen LogP contribution >= 0.6 is 36.5 Å². The van der Waals surface area contributed by atoms with Gasteiger partial charge in [0.2, 0.25) is 0 Å². The Bertz CT molecular complexity index is 658. The molecule has 1 aromatic rings. The number of rotatable bonds is 4. The summed E-state index contributed by atoms with van der Waals surface area (Å²) in [4.78, 5) is 0. The van der Waals surface area contributed by atoms with Crippen LogP contribution in [-0.2, 0) is 13.5 Å². The summed E-state index contributed by atoms with van der Waals surface area (Å²) < 4.78 is 1.92. The maximum atomic E-state index is 5.67. The fourth-order valence-electron chi connectivity index (χ4n) is 7.05. The molecule has 4 aliphatic rings. The molecule has 0 saturated heterocycles. The molecule has 0 nitrogen and oxygen atoms in total. The molecular formula is C31H53Cl2P2Ru+. The normalized spacial score (nSPS) is 23.2. The minimum atomic E-state index is -1.61. The molecule has 1 atom stereocenters. The molecule has 4 aliphatic carbocycles. The molecule has 0 amide bonds. The van der Waals surface area contributed by atoms with Crippen molar-refractivity contribution in [1.82, 2.24) is 0 Å². The summed E-state index contributed by atoms with van der Waals surface area (Å²) in [5.41, 5.74) is 5.75. The summed E-state index contributed by atoms with van der Waals surface area (Å²) >= 11 is -1.61. The topological polar surface area (TPSA) is 0 Å². The van der Waals surface area contributed by atoms with Crippen molar-refractivity contribution in [2.75, 3.05) is 0 Å². The van der Waals surface area contributed by atoms with Crippen molar-refractivity contribution < 1.29 is 13.5 Å². The standard InChI is InChI=1S/C18H33P.C7H6.C6H13P.2ClH.Ru/c1-4-10-16(11-5-1)19(17-12-6-2-7-13-17)18-14-8-3-9-15-18;1-7-5-3-2-4-6-7;7-6-4-2-1-3-5-6;;;/h16-18H,1-15H2;1-6H;6H,1-5,7H2;2*1H;/q;;;;;+2/p-1. The van der Waals surface area contributed by atoms with E-state index in [9.17, 15) is 0 Å². The summed E-state index contributed by atoms with van der Waals surface area (Å²) in [6.07, 6.45) is 31.1. The Morgan fingerprint density at radius 2 is 0.944 bits per heavy atom. The van der Waals surface area contributed by atoms with Gasteiger partial charge in [-0.2, -0.15) is 0 Å². The van der Waals surface area contributed by atoms with Gasteiger partial charge in [0.05, 0.1) is 17.0 Å². The van der Waals surface area contributed by atoms with Gasteiger partial charge in [0.1, 0.15) is 0 Å². The second-order valence-electron chi connectivity index (χ2n) is 11.6. The van der Waals surface area contributed by atoms with Gasteiger partial charge in [0.15, 0.2) is 0 Å². The Balaban J connectivity index is 0.000000177. The van der Waals surface area contributed by atoms with Gasteiger partial charge in [0.25, 0.3) is 0 Å². The maximum absolute atomic E-state index is 5.67. The van der Waals surface area contributed by atoms with Crippen molar-refractivity contribution in [1.29, 1.82) is 0 Å². The van der Waals surface area contributed by atoms with E-state index in [1.165, 1.54) is 49.1 Å². The van der Waals surface area contributed by atoms with Crippen molar-refractivity contribution in [2.45, 2.75) is 151 Å². The Hall–Kier alpha value is 1.15. The first kappa shape index (κ1) is 31.7. The van der Waals surface area contributed by atoms with E-state index in [1.807, 2.05) is 34.9 Å². The van der Waals surface area contributed by atoms with E-state index in [4.69, 9.17) is 19.4 Å². The average Bonchev–Trinajstić information content (AvgIpc) is 2.92. The van der Waals surface area contributed by atoms with Gasteiger partial charge in [-0.25, -0.2) is 0 Å². The zero-order valence-electron chi connectivity index (χ0n) is 22.6. The summed E-state index contributed by atoms with van der Waals surface area (Å²) in [6, 6.07) is 9.89. The van der Waals surface area contributed by atoms with Gasteiger partial charge >= 0.3 is 73.4 Å². The van der Waals surface area contributed by atoms with Crippen molar-refractivity contribution in [2.24, 2.45) is 0 Å². The number of hydrogen-bond acceptors (Lipinski definition) is 0. The molecule has 4 fully saturated rings. The van der Waals surface area contributed by atoms with Crippen LogP contribution in [0.15, 0.2) is 30.3 Å². The molecule has 36 heavy (non-hydrogen) atoms. The van der Waals surface area contributed by atoms with Crippen LogP contribution < -0.4 is 0 Å². The molecule has 5 rings (SSSR count). The van der Waals surface area contributed by atoms with E-state index >= 15 is 0 Å². The van der Waals surface area contributed by atoms with E-state index in [0.29, 0.717) is 0 Å². The molecule has 0 aliphatic heterocycles. The van der Waals surface area contributed by atoms with E-state index in [-0.39, 0.29) is 7.92 Å². The Kier molecular flexibility index (Phi) is 17.0. The molecule has 0 bridgehead atoms. The van der Waals surface area contributed by atoms with Gasteiger partial charge in [-0.3, -0.25) is 0 Å². The molecule has 208 valence electrons. The fraction of sp³-hybridized carbons (Fsp3) is 0.774. The van der Waals surface area contributed by atoms with Crippen molar-refractivity contribution >= 4 is 41.2 Å². The van der Waals surface area contributed by atoms with Gasteiger partial charge in [-0.05, 0) is 95.6 Å². The molecule has 0 spiro atoms. The molecular weight excluding hydrogens is 606 g/mol. The van der Waals surface area contributed by atoms with Gasteiger partial charge in [-0.15, -0.1) is 9.24 Å². The fourth-order valence-corrected chi connectivity index (χ4v) is 14.6. The molecule has 0 N–H and O–H groups in total. The van der Waals surface area contributed by atoms with Crippen LogP contribution in [0.3, 0.4) is 0 Å². The minimum absolute atomic E-state index is 0.0465. The molecule has 4 saturated carbocycles. The Morgan fingerprint density at radius 3 is 1.25 bits per heavy atom. The summed E-state index contributed by atoms with van der Waals surface area (Å²) in [7, 11) is 14.2. The molecule has 0 radical (unpaired) electrons. The predicted octanol–water partition coefficient (Wildman–Crippen LogP) is 11.2. The molecule has 1 unspecified atom stereocenters. The number of halogens is 2. The van der Waals surface area contributed by atoms with E-state index in [2.05, 4.69) is 9.24 Å². The summed E-state index contributed by atoms with van der Waals surface area (Å²) in [5, 5.41) is 0. The van der Waals surface area contributed by atoms with Gasteiger partial charge < -0.3 is 0 Å². The van der Waals surface area contributed by atoms with Crippen molar-refractivity contribution in [3.63, 3.8) is 0 Å². The average molecular weight is 660 g/mol. The SMILES string of the molecule is C1CCC([PH+](C2CCCCC2)C2CCCCC2)CC1.PC1CCCCC1.[Cl][Ru]([Cl])=[CH]c1ccccc1. The Morgan fingerprint density at radius 1 is 0.583 bits per heavy atom. The van der Waals surface area contributed by atoms with Crippen LogP contribution in [0.2, 0.25) is 0 Å². The van der Waals surface area contributed by atoms with Crippen LogP contribution in [0.25, 0.3) is 0 Å². The first-order valence-corrected chi connectivity index (χ1v) is 23.0. The third kappa shape index (κ3) is 12.6. The van der Waals surface area contributed by atoms with Crippen LogP contribution in [0, 0.1) is 0 Å². The molecule has 1 aromatic carbocycles. The van der Waals surface area contributed by atoms with Crippen molar-refractivity contribution in [3.8, 4) is 0 Å². The van der Waals surface area contributed by atoms with E-state index < -0.39 is 13.5 Å². The first-order chi connectivity index (χ1) is 17.6. The van der Waals surface area contributed by atoms with Crippen LogP contribution in [0.5, 0.6) is 0 Å². The zero-order chi connectivity index (χ0) is 25.4. The van der Waals surface area contributed by atoms with Crippen LogP contribution in [-0.4, -0.2) is 27.2 Å². The molecule has 0 aromatic heterocycles. The van der Waals surface area contributed by atoms with Crippen LogP contribution in [0.1, 0.15) is 134 Å². The molecule has 5 heteroatoms. The number of hydrogen-bond donors (Lipinski definition) is 0. The zero-order valence-corrected chi connectivity index (χ0v) is 28.0. The van der Waals surface area contributed by atoms with Gasteiger partial charge in [-0.1, -0.05) is 38.5 Å². The third-order valence-corrected chi connectivity index (χ3v) is 16.0. The quantitative estimate of drug-likeness (QED) is 0.223. The second-order valence-corrected chi connectivity index (χ2v) is 21.7. The summed E-state index contributed by atoms with van der Waals surface area (Å²) in [6.45, 7) is 0. The second kappa shape index (κ2) is 19.3.